The molecule has 2 aliphatic rings. The lowest BCUT2D eigenvalue weighted by molar-refractivity contribution is -0.149. The summed E-state index contributed by atoms with van der Waals surface area (Å²) < 4.78 is 53.3. The second-order valence-electron chi connectivity index (χ2n) is 10.2. The maximum atomic E-state index is 16.0. The summed E-state index contributed by atoms with van der Waals surface area (Å²) in [5.74, 6) is -1.62. The third-order valence-corrected chi connectivity index (χ3v) is 10.5. The van der Waals surface area contributed by atoms with Crippen LogP contribution in [0.15, 0.2) is 6.33 Å². The predicted octanol–water partition coefficient (Wildman–Crippen LogP) is 0.789. The van der Waals surface area contributed by atoms with E-state index >= 15 is 4.39 Å². The first-order valence-corrected chi connectivity index (χ1v) is 16.5. The number of nitrogens with zero attached hydrogens (tertiary/aromatic N) is 4. The molecule has 2 saturated heterocycles. The molecule has 238 valence electrons. The quantitative estimate of drug-likeness (QED) is 0.115. The smallest absolute Gasteiger partial charge is 0.327 e. The molecule has 0 aromatic carbocycles. The highest BCUT2D eigenvalue weighted by atomic mass is 32.7. The van der Waals surface area contributed by atoms with Gasteiger partial charge in [0.2, 0.25) is 11.8 Å². The summed E-state index contributed by atoms with van der Waals surface area (Å²) in [4.78, 5) is 48.2. The number of nitrogens with one attached hydrogen (secondary N) is 3. The van der Waals surface area contributed by atoms with Crippen LogP contribution >= 0.6 is 18.1 Å². The number of amides is 3. The number of hydrogen-bond donors (Lipinski definition) is 5. The van der Waals surface area contributed by atoms with Crippen LogP contribution in [-0.2, 0) is 28.2 Å². The minimum Gasteiger partial charge on any atom is -0.476 e. The van der Waals surface area contributed by atoms with E-state index < -0.39 is 73.5 Å². The van der Waals surface area contributed by atoms with Crippen molar-refractivity contribution in [2.75, 3.05) is 24.7 Å². The minimum atomic E-state index is -4.08. The van der Waals surface area contributed by atoms with Gasteiger partial charge in [-0.2, -0.15) is 9.97 Å². The van der Waals surface area contributed by atoms with Crippen LogP contribution in [0.3, 0.4) is 0 Å². The molecule has 2 aliphatic heterocycles. The first-order chi connectivity index (χ1) is 20.1. The van der Waals surface area contributed by atoms with E-state index in [-0.39, 0.29) is 35.4 Å². The van der Waals surface area contributed by atoms with Gasteiger partial charge in [-0.1, -0.05) is 11.4 Å². The van der Waals surface area contributed by atoms with Crippen LogP contribution in [0.1, 0.15) is 40.8 Å². The second-order valence-corrected chi connectivity index (χ2v) is 14.5. The molecule has 0 aliphatic carbocycles. The Labute approximate surface area is 249 Å². The zero-order valence-corrected chi connectivity index (χ0v) is 25.7. The molecule has 0 saturated carbocycles. The number of rotatable bonds is 13. The highest BCUT2D eigenvalue weighted by molar-refractivity contribution is 8.56. The van der Waals surface area contributed by atoms with E-state index in [9.17, 15) is 24.1 Å². The van der Waals surface area contributed by atoms with E-state index in [2.05, 4.69) is 30.7 Å². The molecular formula is C23H34FN8O9PS. The number of aliphatic hydroxyl groups is 1. The molecule has 2 fully saturated rings. The lowest BCUT2D eigenvalue weighted by Gasteiger charge is -2.25. The maximum Gasteiger partial charge on any atom is 0.327 e. The number of halogens is 1. The Hall–Kier alpha value is -3.09. The predicted molar refractivity (Wildman–Crippen MR) is 151 cm³/mol. The SMILES string of the molecule is CCOc1nc(N)nc2c1ncn2[C@@H]1O[C@H](CO[P@](=O)(N[C@@H](C)C(=O)OC(C)C)SC[C@@H]2NC(=O)NC2=O)[C@@H](O)[C@@]1(C)F. The van der Waals surface area contributed by atoms with Crippen molar-refractivity contribution in [1.82, 2.24) is 35.2 Å². The van der Waals surface area contributed by atoms with Crippen molar-refractivity contribution in [3.63, 3.8) is 0 Å². The summed E-state index contributed by atoms with van der Waals surface area (Å²) in [6, 6.07) is -2.86. The number of anilines is 1. The monoisotopic (exact) mass is 648 g/mol. The van der Waals surface area contributed by atoms with Gasteiger partial charge in [0.15, 0.2) is 23.1 Å². The van der Waals surface area contributed by atoms with E-state index in [0.29, 0.717) is 11.4 Å². The molecule has 0 spiro atoms. The first kappa shape index (κ1) is 32.8. The van der Waals surface area contributed by atoms with Gasteiger partial charge in [-0.15, -0.1) is 0 Å². The van der Waals surface area contributed by atoms with Crippen LogP contribution < -0.4 is 26.2 Å². The highest BCUT2D eigenvalue weighted by Crippen LogP contribution is 2.57. The van der Waals surface area contributed by atoms with Gasteiger partial charge in [-0.3, -0.25) is 24.0 Å². The summed E-state index contributed by atoms with van der Waals surface area (Å²) in [5, 5.41) is 17.9. The number of carbonyl (C=O) groups is 3. The van der Waals surface area contributed by atoms with E-state index in [4.69, 9.17) is 24.5 Å². The number of nitrogen functional groups attached to an aromatic ring is 1. The number of aliphatic hydroxyl groups excluding tert-OH is 1. The van der Waals surface area contributed by atoms with Crippen molar-refractivity contribution in [1.29, 1.82) is 0 Å². The fourth-order valence-electron chi connectivity index (χ4n) is 4.32. The Kier molecular flexibility index (Phi) is 9.82. The van der Waals surface area contributed by atoms with Crippen molar-refractivity contribution in [3.8, 4) is 5.88 Å². The standard InChI is InChI=1S/C23H34FN8O9PS/c1-6-38-18-14-16(28-21(25)30-18)32(9-26-14)20-23(5,24)15(33)13(41-20)7-39-42(37,31-11(4)19(35)40-10(2)3)43-8-12-17(34)29-22(36)27-12/h9-13,15,20,33H,6-8H2,1-5H3,(H,31,37)(H2,25,28,30)(H2,27,29,34,36)/t11-,12-,13+,15+,20+,23+,42+/m0/s1. The summed E-state index contributed by atoms with van der Waals surface area (Å²) in [6.07, 6.45) is -3.81. The van der Waals surface area contributed by atoms with Crippen LogP contribution in [-0.4, -0.2) is 97.6 Å². The van der Waals surface area contributed by atoms with Gasteiger partial charge >= 0.3 is 18.7 Å². The van der Waals surface area contributed by atoms with Crippen molar-refractivity contribution < 1.29 is 47.2 Å². The number of imide groups is 1. The van der Waals surface area contributed by atoms with E-state index in [1.165, 1.54) is 17.8 Å². The largest absolute Gasteiger partial charge is 0.476 e. The fourth-order valence-corrected chi connectivity index (χ4v) is 8.19. The number of hydrogen-bond acceptors (Lipinski definition) is 14. The molecule has 3 amide bonds. The van der Waals surface area contributed by atoms with Crippen LogP contribution in [0.2, 0.25) is 0 Å². The van der Waals surface area contributed by atoms with E-state index in [1.54, 1.807) is 20.8 Å². The number of aromatic nitrogens is 4. The summed E-state index contributed by atoms with van der Waals surface area (Å²) in [5.41, 5.74) is 3.68. The Morgan fingerprint density at radius 1 is 1.37 bits per heavy atom. The van der Waals surface area contributed by atoms with Crippen LogP contribution in [0, 0.1) is 0 Å². The van der Waals surface area contributed by atoms with E-state index in [1.807, 2.05) is 0 Å². The van der Waals surface area contributed by atoms with Crippen molar-refractivity contribution >= 4 is 53.1 Å². The third kappa shape index (κ3) is 7.18. The molecule has 4 rings (SSSR count). The Morgan fingerprint density at radius 3 is 2.72 bits per heavy atom. The number of esters is 1. The summed E-state index contributed by atoms with van der Waals surface area (Å²) in [6.45, 7) is 3.10. The molecular weight excluding hydrogens is 614 g/mol. The number of fused-ring (bicyclic) bond motifs is 1. The minimum absolute atomic E-state index is 0.0871. The van der Waals surface area contributed by atoms with Crippen molar-refractivity contribution in [2.24, 2.45) is 0 Å². The zero-order valence-electron chi connectivity index (χ0n) is 24.0. The highest BCUT2D eigenvalue weighted by Gasteiger charge is 2.56. The Balaban J connectivity index is 1.53. The molecule has 2 aromatic heterocycles. The maximum absolute atomic E-state index is 16.0. The number of urea groups is 1. The molecule has 0 radical (unpaired) electrons. The van der Waals surface area contributed by atoms with Crippen LogP contribution in [0.25, 0.3) is 11.2 Å². The molecule has 0 unspecified atom stereocenters. The molecule has 4 heterocycles. The van der Waals surface area contributed by atoms with Crippen LogP contribution in [0.4, 0.5) is 15.1 Å². The normalized spacial score (nSPS) is 27.6. The van der Waals surface area contributed by atoms with Gasteiger partial charge in [-0.25, -0.2) is 19.3 Å². The Bertz CT molecular complexity index is 1430. The molecule has 7 atom stereocenters. The van der Waals surface area contributed by atoms with Crippen LogP contribution in [0.5, 0.6) is 5.88 Å². The fraction of sp³-hybridized carbons (Fsp3) is 0.652. The number of imidazole rings is 1. The molecule has 2 aromatic rings. The molecule has 20 heteroatoms. The van der Waals surface area contributed by atoms with Gasteiger partial charge in [0.1, 0.15) is 24.3 Å². The summed E-state index contributed by atoms with van der Waals surface area (Å²) >= 11 is 0.632. The first-order valence-electron chi connectivity index (χ1n) is 13.3. The average molecular weight is 649 g/mol. The van der Waals surface area contributed by atoms with Crippen molar-refractivity contribution in [2.45, 2.75) is 76.9 Å². The second kappa shape index (κ2) is 12.9. The number of ether oxygens (including phenoxy) is 3. The van der Waals surface area contributed by atoms with Gasteiger partial charge in [0.05, 0.1) is 25.6 Å². The molecule has 43 heavy (non-hydrogen) atoms. The van der Waals surface area contributed by atoms with Gasteiger partial charge in [0.25, 0.3) is 5.91 Å². The number of nitrogens with two attached hydrogens (primary N) is 1. The lowest BCUT2D eigenvalue weighted by Crippen LogP contribution is -2.41. The lowest BCUT2D eigenvalue weighted by atomic mass is 9.98. The van der Waals surface area contributed by atoms with Gasteiger partial charge < -0.3 is 34.9 Å². The van der Waals surface area contributed by atoms with E-state index in [0.717, 1.165) is 6.92 Å². The topological polar surface area (TPSA) is 231 Å². The molecule has 17 nitrogen and oxygen atoms in total. The average Bonchev–Trinajstić information content (AvgIpc) is 3.54. The van der Waals surface area contributed by atoms with Gasteiger partial charge in [0, 0.05) is 5.75 Å². The zero-order chi connectivity index (χ0) is 31.7. The Morgan fingerprint density at radius 2 is 2.09 bits per heavy atom. The van der Waals surface area contributed by atoms with Gasteiger partial charge in [-0.05, 0) is 34.6 Å². The third-order valence-electron chi connectivity index (χ3n) is 6.39. The molecule has 0 bridgehead atoms. The molecule has 6 N–H and O–H groups in total. The number of carbonyl (C=O) groups excluding carboxylic acids is 3. The number of alkyl halides is 1. The summed E-state index contributed by atoms with van der Waals surface area (Å²) in [7, 11) is 0. The van der Waals surface area contributed by atoms with Crippen molar-refractivity contribution in [3.05, 3.63) is 6.33 Å².